The number of imidazole rings is 1. The average molecular weight is 425 g/mol. The molecule has 2 heterocycles. The Kier molecular flexibility index (Phi) is 4.19. The van der Waals surface area contributed by atoms with Crippen LogP contribution < -0.4 is 0 Å². The van der Waals surface area contributed by atoms with Gasteiger partial charge in [-0.25, -0.2) is 13.8 Å². The number of thiophene rings is 1. The lowest BCUT2D eigenvalue weighted by atomic mass is 10.1. The zero-order valence-electron chi connectivity index (χ0n) is 14.7. The fourth-order valence-corrected chi connectivity index (χ4v) is 4.45. The van der Waals surface area contributed by atoms with E-state index in [-0.39, 0.29) is 5.56 Å². The summed E-state index contributed by atoms with van der Waals surface area (Å²) in [5, 5.41) is 3.38. The zero-order valence-corrected chi connectivity index (χ0v) is 16.3. The Labute approximate surface area is 172 Å². The lowest BCUT2D eigenvalue weighted by Crippen LogP contribution is -2.14. The van der Waals surface area contributed by atoms with Gasteiger partial charge in [-0.15, -0.1) is 11.3 Å². The van der Waals surface area contributed by atoms with Crippen molar-refractivity contribution in [2.75, 3.05) is 0 Å². The highest BCUT2D eigenvalue weighted by molar-refractivity contribution is 7.17. The molecule has 0 aliphatic heterocycles. The predicted molar refractivity (Wildman–Crippen MR) is 112 cm³/mol. The number of nitrogens with zero attached hydrogens (tertiary/aromatic N) is 2. The van der Waals surface area contributed by atoms with Crippen LogP contribution in [0.2, 0.25) is 5.02 Å². The van der Waals surface area contributed by atoms with Gasteiger partial charge in [0.1, 0.15) is 5.82 Å². The molecule has 3 aromatic carbocycles. The van der Waals surface area contributed by atoms with Gasteiger partial charge in [-0.1, -0.05) is 29.8 Å². The van der Waals surface area contributed by atoms with E-state index in [1.165, 1.54) is 10.6 Å². The molecule has 29 heavy (non-hydrogen) atoms. The molecule has 0 radical (unpaired) electrons. The summed E-state index contributed by atoms with van der Waals surface area (Å²) in [5.41, 5.74) is 1.89. The zero-order chi connectivity index (χ0) is 20.1. The maximum Gasteiger partial charge on any atom is 0.264 e. The number of benzene rings is 3. The Morgan fingerprint density at radius 2 is 1.83 bits per heavy atom. The van der Waals surface area contributed by atoms with Crippen LogP contribution >= 0.6 is 22.9 Å². The van der Waals surface area contributed by atoms with Crippen LogP contribution in [0.3, 0.4) is 0 Å². The summed E-state index contributed by atoms with van der Waals surface area (Å²) in [4.78, 5) is 18.0. The van der Waals surface area contributed by atoms with Crippen LogP contribution in [0.25, 0.3) is 32.5 Å². The second kappa shape index (κ2) is 6.76. The maximum atomic E-state index is 13.8. The largest absolute Gasteiger partial charge is 0.268 e. The molecule has 0 amide bonds. The Bertz CT molecular complexity index is 1420. The fraction of sp³-hybridized carbons (Fsp3) is 0. The monoisotopic (exact) mass is 424 g/mol. The van der Waals surface area contributed by atoms with E-state index in [2.05, 4.69) is 4.98 Å². The Morgan fingerprint density at radius 3 is 2.66 bits per heavy atom. The summed E-state index contributed by atoms with van der Waals surface area (Å²) in [6.45, 7) is 0. The predicted octanol–water partition coefficient (Wildman–Crippen LogP) is 6.54. The number of hydrogen-bond acceptors (Lipinski definition) is 3. The van der Waals surface area contributed by atoms with Crippen molar-refractivity contribution in [3.05, 3.63) is 88.3 Å². The molecule has 0 bridgehead atoms. The number of halogens is 3. The molecule has 0 fully saturated rings. The second-order valence-corrected chi connectivity index (χ2v) is 7.83. The van der Waals surface area contributed by atoms with Crippen molar-refractivity contribution in [2.45, 2.75) is 0 Å². The molecule has 142 valence electrons. The molecule has 2 aromatic heterocycles. The molecule has 7 heteroatoms. The van der Waals surface area contributed by atoms with E-state index in [1.807, 2.05) is 29.6 Å². The van der Waals surface area contributed by atoms with Crippen molar-refractivity contribution >= 4 is 50.0 Å². The second-order valence-electron chi connectivity index (χ2n) is 6.48. The van der Waals surface area contributed by atoms with E-state index in [0.717, 1.165) is 27.8 Å². The standard InChI is InChI=1S/C22H11ClF2N2OS/c23-13-6-8-19-18(10-13)26-21(15-11-29-20-4-2-1-3-14(15)20)27(19)22(28)12-5-7-16(24)17(25)9-12/h1-11H. The summed E-state index contributed by atoms with van der Waals surface area (Å²) < 4.78 is 29.6. The van der Waals surface area contributed by atoms with Crippen LogP contribution in [0.15, 0.2) is 66.0 Å². The molecule has 0 aliphatic carbocycles. The molecule has 0 unspecified atom stereocenters. The van der Waals surface area contributed by atoms with Gasteiger partial charge in [0.05, 0.1) is 11.0 Å². The van der Waals surface area contributed by atoms with Gasteiger partial charge in [0.15, 0.2) is 11.6 Å². The minimum Gasteiger partial charge on any atom is -0.268 e. The van der Waals surface area contributed by atoms with Crippen molar-refractivity contribution in [3.63, 3.8) is 0 Å². The van der Waals surface area contributed by atoms with Crippen LogP contribution in [0.5, 0.6) is 0 Å². The molecule has 0 N–H and O–H groups in total. The topological polar surface area (TPSA) is 34.9 Å². The van der Waals surface area contributed by atoms with E-state index >= 15 is 0 Å². The van der Waals surface area contributed by atoms with Gasteiger partial charge >= 0.3 is 0 Å². The van der Waals surface area contributed by atoms with Crippen LogP contribution in [0.1, 0.15) is 10.4 Å². The van der Waals surface area contributed by atoms with Crippen LogP contribution in [0.4, 0.5) is 8.78 Å². The van der Waals surface area contributed by atoms with Crippen molar-refractivity contribution in [1.82, 2.24) is 9.55 Å². The Balaban J connectivity index is 1.80. The van der Waals surface area contributed by atoms with Crippen LogP contribution in [0, 0.1) is 11.6 Å². The van der Waals surface area contributed by atoms with E-state index in [4.69, 9.17) is 11.6 Å². The highest BCUT2D eigenvalue weighted by Crippen LogP contribution is 2.36. The summed E-state index contributed by atoms with van der Waals surface area (Å²) in [7, 11) is 0. The molecule has 5 rings (SSSR count). The van der Waals surface area contributed by atoms with Crippen molar-refractivity contribution in [1.29, 1.82) is 0 Å². The third kappa shape index (κ3) is 2.92. The molecule has 0 aliphatic rings. The first kappa shape index (κ1) is 18.0. The normalized spacial score (nSPS) is 11.4. The Hall–Kier alpha value is -3.09. The first-order valence-corrected chi connectivity index (χ1v) is 9.93. The third-order valence-corrected chi connectivity index (χ3v) is 5.91. The summed E-state index contributed by atoms with van der Waals surface area (Å²) in [6, 6.07) is 15.9. The van der Waals surface area contributed by atoms with Gasteiger partial charge in [0.2, 0.25) is 0 Å². The van der Waals surface area contributed by atoms with Crippen LogP contribution in [-0.4, -0.2) is 15.5 Å². The number of carbonyl (C=O) groups is 1. The molecule has 5 aromatic rings. The van der Waals surface area contributed by atoms with Gasteiger partial charge in [0.25, 0.3) is 5.91 Å². The minimum atomic E-state index is -1.08. The first-order valence-electron chi connectivity index (χ1n) is 8.67. The fourth-order valence-electron chi connectivity index (χ4n) is 3.35. The highest BCUT2D eigenvalue weighted by atomic mass is 35.5. The smallest absolute Gasteiger partial charge is 0.264 e. The highest BCUT2D eigenvalue weighted by Gasteiger charge is 2.22. The summed E-state index contributed by atoms with van der Waals surface area (Å²) >= 11 is 7.65. The van der Waals surface area contributed by atoms with E-state index in [0.29, 0.717) is 21.9 Å². The molecule has 0 saturated carbocycles. The molecular weight excluding hydrogens is 414 g/mol. The third-order valence-electron chi connectivity index (χ3n) is 4.71. The quantitative estimate of drug-likeness (QED) is 0.322. The maximum absolute atomic E-state index is 13.8. The van der Waals surface area contributed by atoms with Crippen molar-refractivity contribution < 1.29 is 13.6 Å². The average Bonchev–Trinajstić information content (AvgIpc) is 3.30. The number of fused-ring (bicyclic) bond motifs is 2. The van der Waals surface area contributed by atoms with Crippen molar-refractivity contribution in [3.8, 4) is 11.4 Å². The number of carbonyl (C=O) groups excluding carboxylic acids is 1. The summed E-state index contributed by atoms with van der Waals surface area (Å²) in [6.07, 6.45) is 0. The van der Waals surface area contributed by atoms with Gasteiger partial charge in [0, 0.05) is 31.6 Å². The van der Waals surface area contributed by atoms with Gasteiger partial charge in [-0.3, -0.25) is 9.36 Å². The van der Waals surface area contributed by atoms with Gasteiger partial charge in [-0.05, 0) is 42.5 Å². The van der Waals surface area contributed by atoms with E-state index in [1.54, 1.807) is 29.5 Å². The lowest BCUT2D eigenvalue weighted by Gasteiger charge is -2.08. The SMILES string of the molecule is O=C(c1ccc(F)c(F)c1)n1c(-c2csc3ccccc23)nc2cc(Cl)ccc21. The Morgan fingerprint density at radius 1 is 1.00 bits per heavy atom. The molecule has 0 saturated heterocycles. The number of aromatic nitrogens is 2. The van der Waals surface area contributed by atoms with Crippen LogP contribution in [-0.2, 0) is 0 Å². The van der Waals surface area contributed by atoms with E-state index < -0.39 is 17.5 Å². The number of hydrogen-bond donors (Lipinski definition) is 0. The van der Waals surface area contributed by atoms with Gasteiger partial charge in [-0.2, -0.15) is 0 Å². The first-order chi connectivity index (χ1) is 14.0. The summed E-state index contributed by atoms with van der Waals surface area (Å²) in [5.74, 6) is -2.16. The van der Waals surface area contributed by atoms with Crippen molar-refractivity contribution in [2.24, 2.45) is 0 Å². The minimum absolute atomic E-state index is 0.0268. The van der Waals surface area contributed by atoms with Gasteiger partial charge < -0.3 is 0 Å². The number of rotatable bonds is 2. The molecule has 0 atom stereocenters. The molecule has 0 spiro atoms. The molecule has 3 nitrogen and oxygen atoms in total. The molecular formula is C22H11ClF2N2OS. The van der Waals surface area contributed by atoms with E-state index in [9.17, 15) is 13.6 Å². The lowest BCUT2D eigenvalue weighted by molar-refractivity contribution is 0.0965.